The maximum Gasteiger partial charge on any atom is 0.0719 e. The molecule has 0 fully saturated rings. The predicted molar refractivity (Wildman–Crippen MR) is 66.6 cm³/mol. The van der Waals surface area contributed by atoms with Crippen LogP contribution in [0, 0.1) is 13.8 Å². The Kier molecular flexibility index (Phi) is 2.62. The minimum absolute atomic E-state index is 1.04. The third-order valence-corrected chi connectivity index (χ3v) is 4.03. The van der Waals surface area contributed by atoms with Crippen LogP contribution in [0.2, 0.25) is 0 Å². The summed E-state index contributed by atoms with van der Waals surface area (Å²) in [6.45, 7) is 4.12. The zero-order chi connectivity index (χ0) is 10.3. The summed E-state index contributed by atoms with van der Waals surface area (Å²) in [5.41, 5.74) is 3.36. The molecule has 2 aromatic rings. The molecule has 0 N–H and O–H groups in total. The van der Waals surface area contributed by atoms with Gasteiger partial charge in [0.25, 0.3) is 0 Å². The zero-order valence-electron chi connectivity index (χ0n) is 7.94. The van der Waals surface area contributed by atoms with Crippen LogP contribution in [-0.2, 0) is 0 Å². The number of pyridine rings is 1. The number of aromatic nitrogens is 1. The van der Waals surface area contributed by atoms with Crippen molar-refractivity contribution in [3.05, 3.63) is 38.4 Å². The van der Waals surface area contributed by atoms with Crippen molar-refractivity contribution < 1.29 is 0 Å². The van der Waals surface area contributed by atoms with E-state index in [0.29, 0.717) is 0 Å². The first-order chi connectivity index (χ1) is 6.58. The monoisotopic (exact) mass is 313 g/mol. The lowest BCUT2D eigenvalue weighted by atomic mass is 10.1. The number of halogens is 2. The minimum atomic E-state index is 1.04. The Morgan fingerprint density at radius 3 is 2.36 bits per heavy atom. The summed E-state index contributed by atoms with van der Waals surface area (Å²) in [4.78, 5) is 4.49. The molecule has 0 unspecified atom stereocenters. The van der Waals surface area contributed by atoms with Crippen molar-refractivity contribution in [1.82, 2.24) is 4.98 Å². The molecule has 14 heavy (non-hydrogen) atoms. The second-order valence-electron chi connectivity index (χ2n) is 3.36. The largest absolute Gasteiger partial charge is 0.253 e. The number of hydrogen-bond donors (Lipinski definition) is 0. The lowest BCUT2D eigenvalue weighted by Crippen LogP contribution is -1.87. The third kappa shape index (κ3) is 1.71. The van der Waals surface area contributed by atoms with Crippen LogP contribution in [0.1, 0.15) is 11.3 Å². The highest BCUT2D eigenvalue weighted by Gasteiger charge is 2.04. The number of fused-ring (bicyclic) bond motifs is 1. The van der Waals surface area contributed by atoms with Gasteiger partial charge in [-0.1, -0.05) is 0 Å². The maximum absolute atomic E-state index is 4.49. The summed E-state index contributed by atoms with van der Waals surface area (Å²) in [5.74, 6) is 0. The molecule has 0 aliphatic carbocycles. The van der Waals surface area contributed by atoms with Crippen molar-refractivity contribution >= 4 is 42.8 Å². The molecule has 1 aromatic carbocycles. The molecule has 72 valence electrons. The van der Waals surface area contributed by atoms with Gasteiger partial charge in [-0.3, -0.25) is 4.98 Å². The summed E-state index contributed by atoms with van der Waals surface area (Å²) in [6.07, 6.45) is 0. The third-order valence-electron chi connectivity index (χ3n) is 2.19. The second kappa shape index (κ2) is 3.63. The van der Waals surface area contributed by atoms with Crippen molar-refractivity contribution in [2.75, 3.05) is 0 Å². The molecule has 0 bridgehead atoms. The normalized spacial score (nSPS) is 10.9. The first kappa shape index (κ1) is 10.1. The van der Waals surface area contributed by atoms with Gasteiger partial charge in [0.1, 0.15) is 0 Å². The van der Waals surface area contributed by atoms with Gasteiger partial charge in [0, 0.05) is 20.0 Å². The van der Waals surface area contributed by atoms with Crippen LogP contribution in [0.5, 0.6) is 0 Å². The molecule has 0 radical (unpaired) electrons. The number of rotatable bonds is 0. The zero-order valence-corrected chi connectivity index (χ0v) is 11.1. The molecule has 0 amide bonds. The fraction of sp³-hybridized carbons (Fsp3) is 0.182. The molecule has 0 spiro atoms. The van der Waals surface area contributed by atoms with Crippen LogP contribution in [0.25, 0.3) is 10.9 Å². The topological polar surface area (TPSA) is 12.9 Å². The first-order valence-electron chi connectivity index (χ1n) is 4.31. The van der Waals surface area contributed by atoms with Crippen molar-refractivity contribution in [3.8, 4) is 0 Å². The van der Waals surface area contributed by atoms with Crippen molar-refractivity contribution in [2.24, 2.45) is 0 Å². The van der Waals surface area contributed by atoms with Crippen LogP contribution in [0.3, 0.4) is 0 Å². The van der Waals surface area contributed by atoms with Gasteiger partial charge < -0.3 is 0 Å². The van der Waals surface area contributed by atoms with Gasteiger partial charge in [-0.2, -0.15) is 0 Å². The molecule has 1 aromatic heterocycles. The molecule has 3 heteroatoms. The van der Waals surface area contributed by atoms with Crippen LogP contribution < -0.4 is 0 Å². The molecule has 1 heterocycles. The molecule has 0 aliphatic rings. The van der Waals surface area contributed by atoms with E-state index in [4.69, 9.17) is 0 Å². The van der Waals surface area contributed by atoms with Crippen LogP contribution in [0.4, 0.5) is 0 Å². The summed E-state index contributed by atoms with van der Waals surface area (Å²) in [5, 5.41) is 1.20. The SMILES string of the molecule is Cc1cc(C)c2cc(Br)c(Br)cc2n1. The molecule has 1 nitrogen and oxygen atoms in total. The average molecular weight is 315 g/mol. The molecular formula is C11H9Br2N. The lowest BCUT2D eigenvalue weighted by Gasteiger charge is -2.05. The van der Waals surface area contributed by atoms with Crippen molar-refractivity contribution in [3.63, 3.8) is 0 Å². The molecule has 2 rings (SSSR count). The quantitative estimate of drug-likeness (QED) is 0.703. The molecule has 0 saturated carbocycles. The summed E-state index contributed by atoms with van der Waals surface area (Å²) in [7, 11) is 0. The number of nitrogens with zero attached hydrogens (tertiary/aromatic N) is 1. The Morgan fingerprint density at radius 1 is 1.00 bits per heavy atom. The predicted octanol–water partition coefficient (Wildman–Crippen LogP) is 4.38. The van der Waals surface area contributed by atoms with Crippen LogP contribution in [0.15, 0.2) is 27.1 Å². The average Bonchev–Trinajstić information content (AvgIpc) is 2.08. The summed E-state index contributed by atoms with van der Waals surface area (Å²) in [6, 6.07) is 6.24. The van der Waals surface area contributed by atoms with Gasteiger partial charge in [-0.15, -0.1) is 0 Å². The fourth-order valence-corrected chi connectivity index (χ4v) is 2.23. The smallest absolute Gasteiger partial charge is 0.0719 e. The van der Waals surface area contributed by atoms with E-state index in [9.17, 15) is 0 Å². The van der Waals surface area contributed by atoms with Crippen molar-refractivity contribution in [1.29, 1.82) is 0 Å². The highest BCUT2D eigenvalue weighted by atomic mass is 79.9. The van der Waals surface area contributed by atoms with E-state index in [0.717, 1.165) is 20.2 Å². The summed E-state index contributed by atoms with van der Waals surface area (Å²) >= 11 is 6.97. The van der Waals surface area contributed by atoms with E-state index in [1.165, 1.54) is 10.9 Å². The van der Waals surface area contributed by atoms with E-state index in [2.05, 4.69) is 55.9 Å². The Hall–Kier alpha value is -0.410. The van der Waals surface area contributed by atoms with Gasteiger partial charge in [-0.05, 0) is 69.5 Å². The van der Waals surface area contributed by atoms with Gasteiger partial charge in [0.05, 0.1) is 5.52 Å². The van der Waals surface area contributed by atoms with E-state index in [1.54, 1.807) is 0 Å². The standard InChI is InChI=1S/C11H9Br2N/c1-6-3-7(2)14-11-5-10(13)9(12)4-8(6)11/h3-5H,1-2H3. The Morgan fingerprint density at radius 2 is 1.64 bits per heavy atom. The maximum atomic E-state index is 4.49. The minimum Gasteiger partial charge on any atom is -0.253 e. The van der Waals surface area contributed by atoms with Gasteiger partial charge in [-0.25, -0.2) is 0 Å². The van der Waals surface area contributed by atoms with Crippen LogP contribution >= 0.6 is 31.9 Å². The molecule has 0 atom stereocenters. The fourth-order valence-electron chi connectivity index (χ4n) is 1.56. The van der Waals surface area contributed by atoms with Gasteiger partial charge >= 0.3 is 0 Å². The molecular weight excluding hydrogens is 306 g/mol. The van der Waals surface area contributed by atoms with E-state index >= 15 is 0 Å². The number of benzene rings is 1. The first-order valence-corrected chi connectivity index (χ1v) is 5.89. The van der Waals surface area contributed by atoms with Gasteiger partial charge in [0.15, 0.2) is 0 Å². The van der Waals surface area contributed by atoms with E-state index in [1.807, 2.05) is 13.0 Å². The summed E-state index contributed by atoms with van der Waals surface area (Å²) < 4.78 is 2.11. The lowest BCUT2D eigenvalue weighted by molar-refractivity contribution is 1.23. The Labute approximate surface area is 99.8 Å². The number of aryl methyl sites for hydroxylation is 2. The van der Waals surface area contributed by atoms with Crippen LogP contribution in [-0.4, -0.2) is 4.98 Å². The van der Waals surface area contributed by atoms with Crippen molar-refractivity contribution in [2.45, 2.75) is 13.8 Å². The van der Waals surface area contributed by atoms with Gasteiger partial charge in [0.2, 0.25) is 0 Å². The molecule has 0 aliphatic heterocycles. The Bertz CT molecular complexity index is 506. The second-order valence-corrected chi connectivity index (χ2v) is 5.07. The molecule has 0 saturated heterocycles. The highest BCUT2D eigenvalue weighted by Crippen LogP contribution is 2.29. The van der Waals surface area contributed by atoms with E-state index in [-0.39, 0.29) is 0 Å². The van der Waals surface area contributed by atoms with E-state index < -0.39 is 0 Å². The number of hydrogen-bond acceptors (Lipinski definition) is 1. The highest BCUT2D eigenvalue weighted by molar-refractivity contribution is 9.13. The Balaban J connectivity index is 2.89.